The van der Waals surface area contributed by atoms with Crippen LogP contribution in [0.4, 0.5) is 5.69 Å². The first kappa shape index (κ1) is 17.1. The van der Waals surface area contributed by atoms with E-state index in [1.54, 1.807) is 16.2 Å². The van der Waals surface area contributed by atoms with Crippen LogP contribution >= 0.6 is 11.3 Å². The largest absolute Gasteiger partial charge is 0.373 e. The molecule has 1 fully saturated rings. The molecule has 2 amide bonds. The second-order valence-electron chi connectivity index (χ2n) is 7.07. The minimum Gasteiger partial charge on any atom is -0.373 e. The standard InChI is InChI=1S/C20H23N3O2S/c1-13-15(19(24)23-10-7-18-14(12-23)8-11-26-18)4-3-5-16(13)21-17-6-9-22(2)20(17)25/h3-5,8,11,17,21H,6-7,9-10,12H2,1-2H3. The first-order valence-corrected chi connectivity index (χ1v) is 9.88. The lowest BCUT2D eigenvalue weighted by atomic mass is 10.0. The summed E-state index contributed by atoms with van der Waals surface area (Å²) >= 11 is 1.77. The zero-order chi connectivity index (χ0) is 18.3. The molecule has 1 saturated heterocycles. The highest BCUT2D eigenvalue weighted by molar-refractivity contribution is 7.10. The number of benzene rings is 1. The SMILES string of the molecule is Cc1c(NC2CCN(C)C2=O)cccc1C(=O)N1CCc2sccc2C1. The van der Waals surface area contributed by atoms with Crippen LogP contribution in [0.3, 0.4) is 0 Å². The van der Waals surface area contributed by atoms with Crippen molar-refractivity contribution in [2.24, 2.45) is 0 Å². The Hall–Kier alpha value is -2.34. The maximum absolute atomic E-state index is 13.1. The molecule has 4 rings (SSSR count). The van der Waals surface area contributed by atoms with Gasteiger partial charge in [0.2, 0.25) is 5.91 Å². The molecule has 1 aromatic heterocycles. The predicted octanol–water partition coefficient (Wildman–Crippen LogP) is 2.90. The van der Waals surface area contributed by atoms with E-state index in [0.29, 0.717) is 12.1 Å². The van der Waals surface area contributed by atoms with Gasteiger partial charge < -0.3 is 15.1 Å². The summed E-state index contributed by atoms with van der Waals surface area (Å²) < 4.78 is 0. The molecule has 3 heterocycles. The number of nitrogens with zero attached hydrogens (tertiary/aromatic N) is 2. The average molecular weight is 369 g/mol. The molecule has 2 aromatic rings. The van der Waals surface area contributed by atoms with Gasteiger partial charge in [0.1, 0.15) is 6.04 Å². The molecule has 0 saturated carbocycles. The fourth-order valence-electron chi connectivity index (χ4n) is 3.76. The van der Waals surface area contributed by atoms with Gasteiger partial charge in [-0.15, -0.1) is 11.3 Å². The van der Waals surface area contributed by atoms with Crippen molar-refractivity contribution < 1.29 is 9.59 Å². The number of thiophene rings is 1. The Labute approximate surface area is 157 Å². The number of anilines is 1. The Morgan fingerprint density at radius 2 is 2.12 bits per heavy atom. The molecule has 6 heteroatoms. The van der Waals surface area contributed by atoms with E-state index in [1.807, 2.05) is 37.1 Å². The average Bonchev–Trinajstić information content (AvgIpc) is 3.24. The molecular formula is C20H23N3O2S. The molecule has 1 aromatic carbocycles. The van der Waals surface area contributed by atoms with Gasteiger partial charge in [-0.3, -0.25) is 9.59 Å². The van der Waals surface area contributed by atoms with E-state index in [4.69, 9.17) is 0 Å². The topological polar surface area (TPSA) is 52.7 Å². The third kappa shape index (κ3) is 2.98. The summed E-state index contributed by atoms with van der Waals surface area (Å²) in [7, 11) is 1.83. The Bertz CT molecular complexity index is 860. The van der Waals surface area contributed by atoms with Gasteiger partial charge in [-0.1, -0.05) is 6.07 Å². The summed E-state index contributed by atoms with van der Waals surface area (Å²) in [5, 5.41) is 5.44. The Kier molecular flexibility index (Phi) is 4.44. The van der Waals surface area contributed by atoms with Crippen molar-refractivity contribution >= 4 is 28.8 Å². The maximum Gasteiger partial charge on any atom is 0.254 e. The predicted molar refractivity (Wildman–Crippen MR) is 104 cm³/mol. The molecule has 0 aliphatic carbocycles. The quantitative estimate of drug-likeness (QED) is 0.905. The summed E-state index contributed by atoms with van der Waals surface area (Å²) in [5.74, 6) is 0.181. The second kappa shape index (κ2) is 6.76. The van der Waals surface area contributed by atoms with E-state index in [1.165, 1.54) is 10.4 Å². The van der Waals surface area contributed by atoms with Crippen LogP contribution in [0.5, 0.6) is 0 Å². The Morgan fingerprint density at radius 1 is 1.27 bits per heavy atom. The van der Waals surface area contributed by atoms with Crippen LogP contribution in [0.2, 0.25) is 0 Å². The van der Waals surface area contributed by atoms with Crippen molar-refractivity contribution in [2.75, 3.05) is 25.5 Å². The molecule has 136 valence electrons. The number of hydrogen-bond acceptors (Lipinski definition) is 4. The summed E-state index contributed by atoms with van der Waals surface area (Å²) in [4.78, 5) is 30.3. The van der Waals surface area contributed by atoms with E-state index in [2.05, 4.69) is 16.8 Å². The Balaban J connectivity index is 1.54. The molecule has 5 nitrogen and oxygen atoms in total. The van der Waals surface area contributed by atoms with Crippen molar-refractivity contribution in [2.45, 2.75) is 32.4 Å². The van der Waals surface area contributed by atoms with Crippen molar-refractivity contribution in [3.63, 3.8) is 0 Å². The highest BCUT2D eigenvalue weighted by Crippen LogP contribution is 2.28. The summed E-state index contributed by atoms with van der Waals surface area (Å²) in [6, 6.07) is 7.64. The molecule has 1 atom stereocenters. The maximum atomic E-state index is 13.1. The van der Waals surface area contributed by atoms with Crippen LogP contribution in [-0.4, -0.2) is 47.8 Å². The fourth-order valence-corrected chi connectivity index (χ4v) is 4.65. The number of nitrogens with one attached hydrogen (secondary N) is 1. The summed E-state index contributed by atoms with van der Waals surface area (Å²) in [6.07, 6.45) is 1.72. The van der Waals surface area contributed by atoms with Crippen LogP contribution in [0.15, 0.2) is 29.6 Å². The number of likely N-dealkylation sites (tertiary alicyclic amines) is 1. The normalized spacial score (nSPS) is 19.6. The van der Waals surface area contributed by atoms with Gasteiger partial charge in [0.15, 0.2) is 0 Å². The van der Waals surface area contributed by atoms with Crippen LogP contribution in [0.1, 0.15) is 32.8 Å². The minimum atomic E-state index is -0.201. The highest BCUT2D eigenvalue weighted by Gasteiger charge is 2.30. The van der Waals surface area contributed by atoms with Gasteiger partial charge in [-0.25, -0.2) is 0 Å². The molecule has 0 bridgehead atoms. The van der Waals surface area contributed by atoms with Gasteiger partial charge >= 0.3 is 0 Å². The lowest BCUT2D eigenvalue weighted by Gasteiger charge is -2.28. The third-order valence-electron chi connectivity index (χ3n) is 5.42. The van der Waals surface area contributed by atoms with Gasteiger partial charge in [0.25, 0.3) is 5.91 Å². The molecular weight excluding hydrogens is 346 g/mol. The van der Waals surface area contributed by atoms with Crippen LogP contribution < -0.4 is 5.32 Å². The number of fused-ring (bicyclic) bond motifs is 1. The molecule has 2 aliphatic heterocycles. The van der Waals surface area contributed by atoms with Crippen molar-refractivity contribution in [3.05, 3.63) is 51.2 Å². The monoisotopic (exact) mass is 369 g/mol. The number of amides is 2. The van der Waals surface area contributed by atoms with Crippen molar-refractivity contribution in [1.29, 1.82) is 0 Å². The Morgan fingerprint density at radius 3 is 2.88 bits per heavy atom. The summed E-state index contributed by atoms with van der Waals surface area (Å²) in [6.45, 7) is 4.17. The van der Waals surface area contributed by atoms with Gasteiger partial charge in [-0.05, 0) is 54.5 Å². The van der Waals surface area contributed by atoms with E-state index in [0.717, 1.165) is 37.2 Å². The van der Waals surface area contributed by atoms with Crippen LogP contribution in [0.25, 0.3) is 0 Å². The first-order valence-electron chi connectivity index (χ1n) is 9.00. The summed E-state index contributed by atoms with van der Waals surface area (Å²) in [5.41, 5.74) is 3.77. The van der Waals surface area contributed by atoms with Gasteiger partial charge in [0, 0.05) is 42.8 Å². The van der Waals surface area contributed by atoms with Crippen LogP contribution in [0, 0.1) is 6.92 Å². The number of hydrogen-bond donors (Lipinski definition) is 1. The van der Waals surface area contributed by atoms with Crippen LogP contribution in [-0.2, 0) is 17.8 Å². The molecule has 0 radical (unpaired) electrons. The highest BCUT2D eigenvalue weighted by atomic mass is 32.1. The van der Waals surface area contributed by atoms with Gasteiger partial charge in [0.05, 0.1) is 0 Å². The number of rotatable bonds is 3. The first-order chi connectivity index (χ1) is 12.5. The molecule has 1 unspecified atom stereocenters. The minimum absolute atomic E-state index is 0.0675. The zero-order valence-corrected chi connectivity index (χ0v) is 15.9. The molecule has 26 heavy (non-hydrogen) atoms. The number of likely N-dealkylation sites (N-methyl/N-ethyl adjacent to an activating group) is 1. The van der Waals surface area contributed by atoms with E-state index < -0.39 is 0 Å². The lowest BCUT2D eigenvalue weighted by molar-refractivity contribution is -0.127. The third-order valence-corrected chi connectivity index (χ3v) is 6.44. The zero-order valence-electron chi connectivity index (χ0n) is 15.1. The van der Waals surface area contributed by atoms with Crippen molar-refractivity contribution in [3.8, 4) is 0 Å². The number of carbonyl (C=O) groups excluding carboxylic acids is 2. The van der Waals surface area contributed by atoms with E-state index in [9.17, 15) is 9.59 Å². The number of carbonyl (C=O) groups is 2. The van der Waals surface area contributed by atoms with Gasteiger partial charge in [-0.2, -0.15) is 0 Å². The lowest BCUT2D eigenvalue weighted by Crippen LogP contribution is -2.36. The molecule has 1 N–H and O–H groups in total. The second-order valence-corrected chi connectivity index (χ2v) is 8.07. The molecule has 2 aliphatic rings. The fraction of sp³-hybridized carbons (Fsp3) is 0.400. The van der Waals surface area contributed by atoms with E-state index >= 15 is 0 Å². The smallest absolute Gasteiger partial charge is 0.254 e. The molecule has 0 spiro atoms. The van der Waals surface area contributed by atoms with Crippen molar-refractivity contribution in [1.82, 2.24) is 9.80 Å². The van der Waals surface area contributed by atoms with E-state index in [-0.39, 0.29) is 17.9 Å².